The van der Waals surface area contributed by atoms with Crippen LogP contribution in [0.5, 0.6) is 0 Å². The molecule has 1 saturated carbocycles. The molecule has 5 rings (SSSR count). The molecule has 0 unspecified atom stereocenters. The van der Waals surface area contributed by atoms with Crippen molar-refractivity contribution in [1.82, 2.24) is 0 Å². The van der Waals surface area contributed by atoms with Gasteiger partial charge in [0.2, 0.25) is 0 Å². The van der Waals surface area contributed by atoms with Gasteiger partial charge in [0.1, 0.15) is 23.4 Å². The fourth-order valence-corrected chi connectivity index (χ4v) is 5.76. The van der Waals surface area contributed by atoms with E-state index in [1.165, 1.54) is 0 Å². The van der Waals surface area contributed by atoms with Crippen molar-refractivity contribution in [3.63, 3.8) is 0 Å². The first-order valence-electron chi connectivity index (χ1n) is 8.54. The number of ether oxygens (including phenoxy) is 2. The Bertz CT molecular complexity index is 827. The molecule has 0 amide bonds. The third-order valence-corrected chi connectivity index (χ3v) is 6.86. The Morgan fingerprint density at radius 2 is 2.04 bits per heavy atom. The van der Waals surface area contributed by atoms with E-state index in [0.29, 0.717) is 18.6 Å². The van der Waals surface area contributed by atoms with Crippen LogP contribution in [-0.4, -0.2) is 35.5 Å². The van der Waals surface area contributed by atoms with Gasteiger partial charge in [0.15, 0.2) is 0 Å². The van der Waals surface area contributed by atoms with E-state index in [0.717, 1.165) is 11.1 Å². The van der Waals surface area contributed by atoms with Crippen LogP contribution in [0.3, 0.4) is 0 Å². The molecular weight excluding hydrogens is 312 g/mol. The van der Waals surface area contributed by atoms with Crippen LogP contribution in [0.1, 0.15) is 37.7 Å². The lowest BCUT2D eigenvalue weighted by Crippen LogP contribution is -2.62. The Balaban J connectivity index is 1.81. The first kappa shape index (κ1) is 14.7. The predicted octanol–water partition coefficient (Wildman–Crippen LogP) is 0.706. The highest BCUT2D eigenvalue weighted by molar-refractivity contribution is 5.82. The van der Waals surface area contributed by atoms with Crippen LogP contribution in [0.15, 0.2) is 15.3 Å². The molecule has 24 heavy (non-hydrogen) atoms. The maximum Gasteiger partial charge on any atom is 0.336 e. The number of rotatable bonds is 1. The normalized spacial score (nSPS) is 47.5. The van der Waals surface area contributed by atoms with Gasteiger partial charge in [-0.3, -0.25) is 4.79 Å². The number of carbonyl (C=O) groups is 1. The first-order valence-corrected chi connectivity index (χ1v) is 8.54. The Labute approximate surface area is 138 Å². The highest BCUT2D eigenvalue weighted by Crippen LogP contribution is 2.66. The number of hydrogen-bond acceptors (Lipinski definition) is 6. The quantitative estimate of drug-likeness (QED) is 0.602. The second-order valence-electron chi connectivity index (χ2n) is 7.89. The standard InChI is InChI=1S/C18H20O6/c1-4-9-7-5-10-13-17(2,8(7)6-11(19)22-9)15-12(24-15)14(20)18(13,3)16(21)23-10/h6,10,12-15,20H,4-5H2,1-3H3/t10-,12-,13-,14+,15-,17-,18-/m1/s1. The van der Waals surface area contributed by atoms with Crippen LogP contribution >= 0.6 is 0 Å². The molecule has 2 saturated heterocycles. The molecule has 1 N–H and O–H groups in total. The van der Waals surface area contributed by atoms with Gasteiger partial charge in [-0.25, -0.2) is 4.79 Å². The molecule has 0 bridgehead atoms. The number of esters is 1. The summed E-state index contributed by atoms with van der Waals surface area (Å²) in [6, 6.07) is 1.55. The summed E-state index contributed by atoms with van der Waals surface area (Å²) in [5.41, 5.74) is -0.0510. The van der Waals surface area contributed by atoms with Gasteiger partial charge in [-0.2, -0.15) is 0 Å². The maximum absolute atomic E-state index is 12.6. The number of hydrogen-bond donors (Lipinski definition) is 1. The van der Waals surface area contributed by atoms with Crippen LogP contribution in [0.2, 0.25) is 0 Å². The average molecular weight is 332 g/mol. The molecule has 128 valence electrons. The highest BCUT2D eigenvalue weighted by Gasteiger charge is 2.78. The Kier molecular flexibility index (Phi) is 2.51. The van der Waals surface area contributed by atoms with Crippen molar-refractivity contribution in [2.75, 3.05) is 0 Å². The molecule has 6 heteroatoms. The summed E-state index contributed by atoms with van der Waals surface area (Å²) in [5, 5.41) is 10.7. The lowest BCUT2D eigenvalue weighted by atomic mass is 9.49. The SMILES string of the molecule is CCc1oc(=O)cc2c1C[C@H]1OC(=O)[C@@]3(C)[C@@H](O)[C@H]4O[C@H]4[C@@]2(C)[C@@H]13. The van der Waals surface area contributed by atoms with E-state index in [4.69, 9.17) is 13.9 Å². The zero-order valence-corrected chi connectivity index (χ0v) is 13.9. The summed E-state index contributed by atoms with van der Waals surface area (Å²) >= 11 is 0. The topological polar surface area (TPSA) is 89.3 Å². The molecule has 0 aromatic carbocycles. The van der Waals surface area contributed by atoms with E-state index in [9.17, 15) is 14.7 Å². The summed E-state index contributed by atoms with van der Waals surface area (Å²) in [7, 11) is 0. The molecule has 1 aromatic heterocycles. The summed E-state index contributed by atoms with van der Waals surface area (Å²) < 4.78 is 16.9. The van der Waals surface area contributed by atoms with E-state index in [-0.39, 0.29) is 35.8 Å². The minimum atomic E-state index is -1.00. The van der Waals surface area contributed by atoms with Gasteiger partial charge in [-0.1, -0.05) is 13.8 Å². The fourth-order valence-electron chi connectivity index (χ4n) is 5.76. The molecule has 6 nitrogen and oxygen atoms in total. The lowest BCUT2D eigenvalue weighted by Gasteiger charge is -2.50. The number of aliphatic hydroxyl groups is 1. The summed E-state index contributed by atoms with van der Waals surface area (Å²) in [6.07, 6.45) is -0.648. The largest absolute Gasteiger partial charge is 0.461 e. The lowest BCUT2D eigenvalue weighted by molar-refractivity contribution is -0.154. The predicted molar refractivity (Wildman–Crippen MR) is 81.6 cm³/mol. The minimum Gasteiger partial charge on any atom is -0.461 e. The number of epoxide rings is 1. The molecule has 0 radical (unpaired) electrons. The molecule has 1 aromatic rings. The van der Waals surface area contributed by atoms with Gasteiger partial charge in [0, 0.05) is 30.2 Å². The maximum atomic E-state index is 12.6. The Hall–Kier alpha value is -1.66. The molecule has 7 atom stereocenters. The van der Waals surface area contributed by atoms with Gasteiger partial charge in [0.05, 0.1) is 12.2 Å². The molecule has 0 spiro atoms. The van der Waals surface area contributed by atoms with Crippen LogP contribution in [0.4, 0.5) is 0 Å². The van der Waals surface area contributed by atoms with Gasteiger partial charge in [0.25, 0.3) is 0 Å². The zero-order chi connectivity index (χ0) is 17.0. The highest BCUT2D eigenvalue weighted by atomic mass is 16.6. The van der Waals surface area contributed by atoms with Crippen molar-refractivity contribution < 1.29 is 23.8 Å². The summed E-state index contributed by atoms with van der Waals surface area (Å²) in [5.74, 6) is 0.0794. The Morgan fingerprint density at radius 3 is 2.75 bits per heavy atom. The van der Waals surface area contributed by atoms with Crippen molar-refractivity contribution in [2.45, 2.75) is 63.4 Å². The van der Waals surface area contributed by atoms with E-state index in [1.54, 1.807) is 13.0 Å². The van der Waals surface area contributed by atoms with Gasteiger partial charge in [-0.15, -0.1) is 0 Å². The van der Waals surface area contributed by atoms with E-state index < -0.39 is 16.9 Å². The van der Waals surface area contributed by atoms with Crippen molar-refractivity contribution in [3.8, 4) is 0 Å². The van der Waals surface area contributed by atoms with Crippen LogP contribution in [-0.2, 0) is 32.5 Å². The second-order valence-corrected chi connectivity index (χ2v) is 7.89. The summed E-state index contributed by atoms with van der Waals surface area (Å²) in [6.45, 7) is 5.76. The van der Waals surface area contributed by atoms with Crippen molar-refractivity contribution in [2.24, 2.45) is 11.3 Å². The zero-order valence-electron chi connectivity index (χ0n) is 13.9. The van der Waals surface area contributed by atoms with E-state index >= 15 is 0 Å². The van der Waals surface area contributed by atoms with Crippen LogP contribution in [0, 0.1) is 11.3 Å². The van der Waals surface area contributed by atoms with Gasteiger partial charge >= 0.3 is 11.6 Å². The molecule has 3 fully saturated rings. The molecule has 3 heterocycles. The Morgan fingerprint density at radius 1 is 1.29 bits per heavy atom. The average Bonchev–Trinajstić information content (AvgIpc) is 3.29. The van der Waals surface area contributed by atoms with E-state index in [2.05, 4.69) is 0 Å². The molecular formula is C18H20O6. The third-order valence-electron chi connectivity index (χ3n) is 6.86. The molecule has 2 aliphatic carbocycles. The van der Waals surface area contributed by atoms with Crippen molar-refractivity contribution in [3.05, 3.63) is 33.4 Å². The molecule has 4 aliphatic rings. The van der Waals surface area contributed by atoms with Gasteiger partial charge in [-0.05, 0) is 18.1 Å². The van der Waals surface area contributed by atoms with Crippen LogP contribution < -0.4 is 5.63 Å². The van der Waals surface area contributed by atoms with Crippen molar-refractivity contribution in [1.29, 1.82) is 0 Å². The van der Waals surface area contributed by atoms with Crippen molar-refractivity contribution >= 4 is 5.97 Å². The van der Waals surface area contributed by atoms with E-state index in [1.807, 2.05) is 13.8 Å². The van der Waals surface area contributed by atoms with Gasteiger partial charge < -0.3 is 19.0 Å². The number of carbonyl (C=O) groups excluding carboxylic acids is 1. The number of aliphatic hydroxyl groups excluding tert-OH is 1. The molecule has 2 aliphatic heterocycles. The minimum absolute atomic E-state index is 0.201. The fraction of sp³-hybridized carbons (Fsp3) is 0.667. The number of fused-ring (bicyclic) bond motifs is 4. The first-order chi connectivity index (χ1) is 11.3. The monoisotopic (exact) mass is 332 g/mol. The third kappa shape index (κ3) is 1.38. The van der Waals surface area contributed by atoms with Crippen LogP contribution in [0.25, 0.3) is 0 Å². The number of aryl methyl sites for hydroxylation is 1. The summed E-state index contributed by atoms with van der Waals surface area (Å²) in [4.78, 5) is 24.7. The second kappa shape index (κ2) is 4.11. The smallest absolute Gasteiger partial charge is 0.336 e.